The van der Waals surface area contributed by atoms with E-state index in [1.54, 1.807) is 0 Å². The maximum absolute atomic E-state index is 9.38. The van der Waals surface area contributed by atoms with Crippen molar-refractivity contribution in [2.75, 3.05) is 6.54 Å². The summed E-state index contributed by atoms with van der Waals surface area (Å²) in [5, 5.41) is 16.5. The Morgan fingerprint density at radius 1 is 1.47 bits per heavy atom. The maximum atomic E-state index is 9.38. The largest absolute Gasteiger partial charge is 0.392 e. The molecule has 2 heterocycles. The molecule has 1 saturated heterocycles. The fourth-order valence-corrected chi connectivity index (χ4v) is 2.13. The van der Waals surface area contributed by atoms with Crippen molar-refractivity contribution in [2.45, 2.75) is 37.8 Å². The second-order valence-corrected chi connectivity index (χ2v) is 4.66. The second-order valence-electron chi connectivity index (χ2n) is 4.66. The van der Waals surface area contributed by atoms with E-state index in [0.717, 1.165) is 5.82 Å². The smallest absolute Gasteiger partial charge is 0.243 e. The highest BCUT2D eigenvalue weighted by atomic mass is 16.5. The number of aliphatic hydroxyl groups is 1. The quantitative estimate of drug-likeness (QED) is 0.745. The maximum Gasteiger partial charge on any atom is 0.243 e. The number of aromatic nitrogens is 2. The van der Waals surface area contributed by atoms with Crippen LogP contribution in [0.4, 0.5) is 0 Å². The van der Waals surface area contributed by atoms with Crippen molar-refractivity contribution >= 4 is 0 Å². The van der Waals surface area contributed by atoms with Crippen molar-refractivity contribution < 1.29 is 9.63 Å². The summed E-state index contributed by atoms with van der Waals surface area (Å²) in [5.41, 5.74) is 0. The standard InChI is InChI=1S/C10H15N3O2/c1-5-2-7(5)9-12-10(15-13-9)8-3-6(14)4-11-8/h5-8,11,14H,2-4H2,1H3/t5?,6-,7?,8-/m0/s1. The fraction of sp³-hybridized carbons (Fsp3) is 0.800. The molecule has 2 unspecified atom stereocenters. The van der Waals surface area contributed by atoms with Crippen LogP contribution in [0.1, 0.15) is 43.4 Å². The van der Waals surface area contributed by atoms with Crippen LogP contribution in [0.15, 0.2) is 4.52 Å². The first kappa shape index (κ1) is 9.30. The van der Waals surface area contributed by atoms with E-state index in [1.165, 1.54) is 6.42 Å². The number of hydrogen-bond acceptors (Lipinski definition) is 5. The molecule has 2 aliphatic rings. The van der Waals surface area contributed by atoms with Crippen molar-refractivity contribution in [3.63, 3.8) is 0 Å². The number of aliphatic hydroxyl groups excluding tert-OH is 1. The lowest BCUT2D eigenvalue weighted by molar-refractivity contribution is 0.191. The van der Waals surface area contributed by atoms with Crippen LogP contribution in [-0.4, -0.2) is 27.9 Å². The molecule has 5 nitrogen and oxygen atoms in total. The van der Waals surface area contributed by atoms with Gasteiger partial charge in [0.15, 0.2) is 5.82 Å². The first-order valence-corrected chi connectivity index (χ1v) is 5.49. The lowest BCUT2D eigenvalue weighted by Crippen LogP contribution is -2.15. The van der Waals surface area contributed by atoms with Crippen LogP contribution in [0.25, 0.3) is 0 Å². The topological polar surface area (TPSA) is 71.2 Å². The Morgan fingerprint density at radius 3 is 2.87 bits per heavy atom. The molecule has 0 aromatic carbocycles. The highest BCUT2D eigenvalue weighted by Gasteiger charge is 2.39. The third kappa shape index (κ3) is 1.66. The van der Waals surface area contributed by atoms with Crippen LogP contribution < -0.4 is 5.32 Å². The van der Waals surface area contributed by atoms with Gasteiger partial charge in [0.2, 0.25) is 5.89 Å². The molecule has 3 rings (SSSR count). The van der Waals surface area contributed by atoms with Crippen LogP contribution in [-0.2, 0) is 0 Å². The van der Waals surface area contributed by atoms with Gasteiger partial charge < -0.3 is 14.9 Å². The molecule has 1 aromatic rings. The van der Waals surface area contributed by atoms with Gasteiger partial charge in [-0.15, -0.1) is 0 Å². The van der Waals surface area contributed by atoms with E-state index < -0.39 is 0 Å². The van der Waals surface area contributed by atoms with Crippen LogP contribution in [0.5, 0.6) is 0 Å². The Bertz CT molecular complexity index is 365. The van der Waals surface area contributed by atoms with Gasteiger partial charge in [0.25, 0.3) is 0 Å². The van der Waals surface area contributed by atoms with Crippen molar-refractivity contribution in [3.05, 3.63) is 11.7 Å². The van der Waals surface area contributed by atoms with Crippen LogP contribution in [0, 0.1) is 5.92 Å². The first-order chi connectivity index (χ1) is 7.24. The molecule has 0 spiro atoms. The van der Waals surface area contributed by atoms with Gasteiger partial charge in [-0.05, 0) is 18.8 Å². The number of nitrogens with one attached hydrogen (secondary N) is 1. The van der Waals surface area contributed by atoms with Gasteiger partial charge >= 0.3 is 0 Å². The molecule has 0 bridgehead atoms. The zero-order chi connectivity index (χ0) is 10.4. The minimum atomic E-state index is -0.287. The molecule has 4 atom stereocenters. The van der Waals surface area contributed by atoms with Gasteiger partial charge in [0, 0.05) is 12.5 Å². The molecule has 1 aliphatic carbocycles. The van der Waals surface area contributed by atoms with E-state index in [-0.39, 0.29) is 12.1 Å². The summed E-state index contributed by atoms with van der Waals surface area (Å²) in [7, 11) is 0. The van der Waals surface area contributed by atoms with Crippen molar-refractivity contribution in [2.24, 2.45) is 5.92 Å². The summed E-state index contributed by atoms with van der Waals surface area (Å²) in [6.45, 7) is 2.81. The molecule has 1 saturated carbocycles. The lowest BCUT2D eigenvalue weighted by Gasteiger charge is -2.01. The van der Waals surface area contributed by atoms with E-state index in [9.17, 15) is 5.11 Å². The highest BCUT2D eigenvalue weighted by molar-refractivity contribution is 5.09. The third-order valence-corrected chi connectivity index (χ3v) is 3.30. The van der Waals surface area contributed by atoms with Crippen molar-refractivity contribution in [1.29, 1.82) is 0 Å². The molecule has 15 heavy (non-hydrogen) atoms. The molecule has 82 valence electrons. The number of β-amino-alcohol motifs (C(OH)–C–C–N with tert-alkyl or cyclic N) is 1. The Morgan fingerprint density at radius 2 is 2.27 bits per heavy atom. The minimum Gasteiger partial charge on any atom is -0.392 e. The average Bonchev–Trinajstić information content (AvgIpc) is 2.71. The summed E-state index contributed by atoms with van der Waals surface area (Å²) in [4.78, 5) is 4.39. The molecule has 1 aliphatic heterocycles. The summed E-state index contributed by atoms with van der Waals surface area (Å²) >= 11 is 0. The second kappa shape index (κ2) is 3.28. The minimum absolute atomic E-state index is 0.0373. The summed E-state index contributed by atoms with van der Waals surface area (Å²) in [6.07, 6.45) is 1.55. The fourth-order valence-electron chi connectivity index (χ4n) is 2.13. The van der Waals surface area contributed by atoms with Gasteiger partial charge in [-0.2, -0.15) is 4.98 Å². The lowest BCUT2D eigenvalue weighted by atomic mass is 10.2. The van der Waals surface area contributed by atoms with E-state index >= 15 is 0 Å². The highest BCUT2D eigenvalue weighted by Crippen LogP contribution is 2.45. The van der Waals surface area contributed by atoms with E-state index in [4.69, 9.17) is 4.52 Å². The predicted molar refractivity (Wildman–Crippen MR) is 52.2 cm³/mol. The first-order valence-electron chi connectivity index (χ1n) is 5.49. The van der Waals surface area contributed by atoms with Gasteiger partial charge in [0.05, 0.1) is 12.1 Å². The van der Waals surface area contributed by atoms with Gasteiger partial charge in [-0.3, -0.25) is 0 Å². The Hall–Kier alpha value is -0.940. The van der Waals surface area contributed by atoms with Crippen molar-refractivity contribution in [1.82, 2.24) is 15.5 Å². The van der Waals surface area contributed by atoms with Crippen molar-refractivity contribution in [3.8, 4) is 0 Å². The Kier molecular flexibility index (Phi) is 2.03. The van der Waals surface area contributed by atoms with Crippen LogP contribution >= 0.6 is 0 Å². The molecular formula is C10H15N3O2. The molecule has 1 aromatic heterocycles. The zero-order valence-corrected chi connectivity index (χ0v) is 8.68. The van der Waals surface area contributed by atoms with Gasteiger partial charge in [0.1, 0.15) is 0 Å². The van der Waals surface area contributed by atoms with E-state index in [0.29, 0.717) is 30.7 Å². The predicted octanol–water partition coefficient (Wildman–Crippen LogP) is 0.588. The Balaban J connectivity index is 1.73. The molecular weight excluding hydrogens is 194 g/mol. The number of nitrogens with zero attached hydrogens (tertiary/aromatic N) is 2. The molecule has 2 fully saturated rings. The molecule has 2 N–H and O–H groups in total. The van der Waals surface area contributed by atoms with E-state index in [1.807, 2.05) is 0 Å². The molecule has 5 heteroatoms. The van der Waals surface area contributed by atoms with Crippen LogP contribution in [0.3, 0.4) is 0 Å². The monoisotopic (exact) mass is 209 g/mol. The molecule has 0 amide bonds. The molecule has 0 radical (unpaired) electrons. The number of rotatable bonds is 2. The van der Waals surface area contributed by atoms with Crippen LogP contribution in [0.2, 0.25) is 0 Å². The SMILES string of the molecule is CC1CC1c1noc([C@@H]2C[C@H](O)CN2)n1. The summed E-state index contributed by atoms with van der Waals surface area (Å²) in [6, 6.07) is 0.0373. The number of hydrogen-bond donors (Lipinski definition) is 2. The Labute approximate surface area is 87.9 Å². The summed E-state index contributed by atoms with van der Waals surface area (Å²) in [5.74, 6) is 2.65. The normalized spacial score (nSPS) is 39.6. The third-order valence-electron chi connectivity index (χ3n) is 3.30. The van der Waals surface area contributed by atoms with Gasteiger partial charge in [-0.25, -0.2) is 0 Å². The zero-order valence-electron chi connectivity index (χ0n) is 8.68. The van der Waals surface area contributed by atoms with Gasteiger partial charge in [-0.1, -0.05) is 12.1 Å². The summed E-state index contributed by atoms with van der Waals surface area (Å²) < 4.78 is 5.21. The average molecular weight is 209 g/mol. The van der Waals surface area contributed by atoms with E-state index in [2.05, 4.69) is 22.4 Å².